The summed E-state index contributed by atoms with van der Waals surface area (Å²) in [4.78, 5) is 8.51. The summed E-state index contributed by atoms with van der Waals surface area (Å²) < 4.78 is 6.19. The Balaban J connectivity index is 1.40. The number of aliphatic hydroxyl groups is 1. The van der Waals surface area contributed by atoms with Gasteiger partial charge in [-0.3, -0.25) is 9.88 Å². The molecule has 1 aliphatic heterocycles. The number of pyridine rings is 1. The number of hydrogen-bond acceptors (Lipinski definition) is 5. The van der Waals surface area contributed by atoms with Crippen molar-refractivity contribution >= 4 is 11.3 Å². The van der Waals surface area contributed by atoms with Crippen LogP contribution in [0.3, 0.4) is 0 Å². The minimum absolute atomic E-state index is 0.122. The van der Waals surface area contributed by atoms with E-state index >= 15 is 0 Å². The molecule has 26 heavy (non-hydrogen) atoms. The van der Waals surface area contributed by atoms with Gasteiger partial charge >= 0.3 is 0 Å². The Hall–Kier alpha value is -1.43. The normalized spacial score (nSPS) is 28.9. The van der Waals surface area contributed by atoms with Crippen LogP contribution in [0.2, 0.25) is 0 Å². The molecule has 1 N–H and O–H groups in total. The van der Waals surface area contributed by atoms with E-state index < -0.39 is 0 Å². The molecule has 2 aromatic rings. The van der Waals surface area contributed by atoms with Crippen molar-refractivity contribution in [2.45, 2.75) is 52.4 Å². The molecule has 0 radical (unpaired) electrons. The number of rotatable bonds is 4. The van der Waals surface area contributed by atoms with Gasteiger partial charge in [-0.15, -0.1) is 11.3 Å². The van der Waals surface area contributed by atoms with Gasteiger partial charge in [0.2, 0.25) is 0 Å². The summed E-state index contributed by atoms with van der Waals surface area (Å²) in [5.41, 5.74) is 3.29. The molecule has 140 valence electrons. The fourth-order valence-corrected chi connectivity index (χ4v) is 5.42. The van der Waals surface area contributed by atoms with Crippen LogP contribution in [0, 0.1) is 32.6 Å². The van der Waals surface area contributed by atoms with Crippen molar-refractivity contribution < 1.29 is 9.84 Å². The van der Waals surface area contributed by atoms with E-state index in [4.69, 9.17) is 4.74 Å². The van der Waals surface area contributed by atoms with Crippen molar-refractivity contribution in [1.82, 2.24) is 9.88 Å². The molecule has 2 aromatic heterocycles. The van der Waals surface area contributed by atoms with Gasteiger partial charge in [-0.25, -0.2) is 0 Å². The van der Waals surface area contributed by atoms with E-state index in [-0.39, 0.29) is 12.2 Å². The Morgan fingerprint density at radius 2 is 1.92 bits per heavy atom. The average Bonchev–Trinajstić information content (AvgIpc) is 3.16. The second-order valence-electron chi connectivity index (χ2n) is 7.97. The molecule has 4 atom stereocenters. The van der Waals surface area contributed by atoms with Crippen molar-refractivity contribution in [3.05, 3.63) is 45.4 Å². The maximum Gasteiger partial charge on any atom is 0.141 e. The monoisotopic (exact) mass is 372 g/mol. The lowest BCUT2D eigenvalue weighted by Crippen LogP contribution is -2.42. The Morgan fingerprint density at radius 3 is 2.62 bits per heavy atom. The number of ether oxygens (including phenoxy) is 1. The lowest BCUT2D eigenvalue weighted by atomic mass is 9.78. The van der Waals surface area contributed by atoms with Crippen molar-refractivity contribution in [1.29, 1.82) is 0 Å². The third-order valence-corrected chi connectivity index (χ3v) is 6.96. The van der Waals surface area contributed by atoms with Crippen LogP contribution in [-0.2, 0) is 6.54 Å². The molecule has 0 amide bonds. The van der Waals surface area contributed by atoms with Gasteiger partial charge in [-0.1, -0.05) is 0 Å². The number of nitrogens with zero attached hydrogens (tertiary/aromatic N) is 2. The van der Waals surface area contributed by atoms with E-state index in [2.05, 4.69) is 28.3 Å². The molecule has 0 unspecified atom stereocenters. The molecule has 1 saturated carbocycles. The van der Waals surface area contributed by atoms with E-state index in [1.165, 1.54) is 10.4 Å². The molecule has 2 fully saturated rings. The molecule has 4 rings (SSSR count). The highest BCUT2D eigenvalue weighted by Gasteiger charge is 2.42. The summed E-state index contributed by atoms with van der Waals surface area (Å²) in [7, 11) is 0. The zero-order valence-electron chi connectivity index (χ0n) is 15.8. The van der Waals surface area contributed by atoms with Crippen LogP contribution < -0.4 is 4.74 Å². The van der Waals surface area contributed by atoms with Gasteiger partial charge in [0, 0.05) is 30.2 Å². The van der Waals surface area contributed by atoms with Gasteiger partial charge in [0.1, 0.15) is 11.9 Å². The topological polar surface area (TPSA) is 45.6 Å². The molecule has 0 bridgehead atoms. The third-order valence-electron chi connectivity index (χ3n) is 5.95. The van der Waals surface area contributed by atoms with E-state index in [1.807, 2.05) is 37.3 Å². The smallest absolute Gasteiger partial charge is 0.141 e. The van der Waals surface area contributed by atoms with Crippen LogP contribution in [0.4, 0.5) is 0 Å². The molecule has 3 heterocycles. The molecular weight excluding hydrogens is 344 g/mol. The van der Waals surface area contributed by atoms with Crippen LogP contribution >= 0.6 is 11.3 Å². The van der Waals surface area contributed by atoms with Crippen molar-refractivity contribution in [3.63, 3.8) is 0 Å². The number of fused-ring (bicyclic) bond motifs is 1. The number of likely N-dealkylation sites (tertiary alicyclic amines) is 1. The summed E-state index contributed by atoms with van der Waals surface area (Å²) in [6.45, 7) is 9.40. The van der Waals surface area contributed by atoms with Crippen LogP contribution in [0.15, 0.2) is 23.6 Å². The predicted octanol–water partition coefficient (Wildman–Crippen LogP) is 3.72. The van der Waals surface area contributed by atoms with Crippen LogP contribution in [-0.4, -0.2) is 40.3 Å². The van der Waals surface area contributed by atoms with Gasteiger partial charge in [0.25, 0.3) is 0 Å². The fraction of sp³-hybridized carbons (Fsp3) is 0.571. The maximum absolute atomic E-state index is 10.6. The standard InChI is InChI=1S/C21H28N2O2S/c1-13-6-7-26-21(13)12-23-10-16-8-18(24)20(9-17(16)11-23)25-19-5-4-14(2)22-15(19)3/h4-7,16-18,20,24H,8-12H2,1-3H3/t16-,17+,18+,20+/m0/s1. The Bertz CT molecular complexity index is 775. The maximum atomic E-state index is 10.6. The van der Waals surface area contributed by atoms with Gasteiger partial charge < -0.3 is 9.84 Å². The van der Waals surface area contributed by atoms with Gasteiger partial charge in [-0.2, -0.15) is 0 Å². The Morgan fingerprint density at radius 1 is 1.15 bits per heavy atom. The van der Waals surface area contributed by atoms with E-state index in [0.717, 1.165) is 49.6 Å². The molecule has 1 aliphatic carbocycles. The molecule has 0 spiro atoms. The van der Waals surface area contributed by atoms with Crippen LogP contribution in [0.25, 0.3) is 0 Å². The number of aliphatic hydroxyl groups excluding tert-OH is 1. The van der Waals surface area contributed by atoms with Crippen LogP contribution in [0.5, 0.6) is 5.75 Å². The number of aromatic nitrogens is 1. The first-order chi connectivity index (χ1) is 12.5. The second kappa shape index (κ2) is 7.29. The summed E-state index contributed by atoms with van der Waals surface area (Å²) in [5, 5.41) is 12.8. The first-order valence-corrected chi connectivity index (χ1v) is 10.4. The minimum atomic E-state index is -0.389. The SMILES string of the molecule is Cc1ccc(O[C@@H]2C[C@@H]3CN(Cc4sccc4C)C[C@@H]3C[C@H]2O)c(C)n1. The largest absolute Gasteiger partial charge is 0.486 e. The first-order valence-electron chi connectivity index (χ1n) is 9.54. The van der Waals surface area contributed by atoms with E-state index in [0.29, 0.717) is 11.8 Å². The van der Waals surface area contributed by atoms with E-state index in [1.54, 1.807) is 0 Å². The number of hydrogen-bond donors (Lipinski definition) is 1. The summed E-state index contributed by atoms with van der Waals surface area (Å²) in [6, 6.07) is 6.16. The summed E-state index contributed by atoms with van der Waals surface area (Å²) in [6.07, 6.45) is 1.26. The second-order valence-corrected chi connectivity index (χ2v) is 8.97. The Kier molecular flexibility index (Phi) is 5.04. The lowest BCUT2D eigenvalue weighted by molar-refractivity contribution is -0.0236. The highest BCUT2D eigenvalue weighted by atomic mass is 32.1. The zero-order valence-corrected chi connectivity index (χ0v) is 16.6. The highest BCUT2D eigenvalue weighted by Crippen LogP contribution is 2.39. The summed E-state index contributed by atoms with van der Waals surface area (Å²) in [5.74, 6) is 2.01. The first kappa shape index (κ1) is 18.0. The van der Waals surface area contributed by atoms with E-state index in [9.17, 15) is 5.11 Å². The van der Waals surface area contributed by atoms with Gasteiger partial charge in [0.05, 0.1) is 11.8 Å². The molecular formula is C21H28N2O2S. The number of aryl methyl sites for hydroxylation is 3. The number of thiophene rings is 1. The van der Waals surface area contributed by atoms with Gasteiger partial charge in [-0.05, 0) is 74.6 Å². The van der Waals surface area contributed by atoms with Crippen molar-refractivity contribution in [3.8, 4) is 5.75 Å². The molecule has 4 nitrogen and oxygen atoms in total. The minimum Gasteiger partial charge on any atom is -0.486 e. The highest BCUT2D eigenvalue weighted by molar-refractivity contribution is 7.10. The predicted molar refractivity (Wildman–Crippen MR) is 105 cm³/mol. The molecule has 5 heteroatoms. The molecule has 1 saturated heterocycles. The van der Waals surface area contributed by atoms with Crippen molar-refractivity contribution in [2.24, 2.45) is 11.8 Å². The van der Waals surface area contributed by atoms with Crippen molar-refractivity contribution in [2.75, 3.05) is 13.1 Å². The Labute approximate surface area is 159 Å². The molecule has 0 aromatic carbocycles. The fourth-order valence-electron chi connectivity index (χ4n) is 4.47. The zero-order chi connectivity index (χ0) is 18.3. The molecule has 2 aliphatic rings. The van der Waals surface area contributed by atoms with Crippen LogP contribution in [0.1, 0.15) is 34.7 Å². The lowest BCUT2D eigenvalue weighted by Gasteiger charge is -2.35. The summed E-state index contributed by atoms with van der Waals surface area (Å²) >= 11 is 1.85. The van der Waals surface area contributed by atoms with Gasteiger partial charge in [0.15, 0.2) is 0 Å². The average molecular weight is 373 g/mol. The third kappa shape index (κ3) is 3.66. The quantitative estimate of drug-likeness (QED) is 0.888.